The lowest BCUT2D eigenvalue weighted by Gasteiger charge is -2.22. The van der Waals surface area contributed by atoms with Gasteiger partial charge in [-0.05, 0) is 24.1 Å². The summed E-state index contributed by atoms with van der Waals surface area (Å²) in [6.45, 7) is 3.59. The second kappa shape index (κ2) is 8.78. The van der Waals surface area contributed by atoms with Crippen LogP contribution in [0.1, 0.15) is 20.3 Å². The summed E-state index contributed by atoms with van der Waals surface area (Å²) in [6, 6.07) is 9.71. The number of carbonyl (C=O) groups excluding carboxylic acids is 1. The third-order valence-corrected chi connectivity index (χ3v) is 4.43. The lowest BCUT2D eigenvalue weighted by atomic mass is 10.00. The number of aliphatic hydroxyl groups is 1. The Morgan fingerprint density at radius 3 is 2.56 bits per heavy atom. The fraction of sp³-hybridized carbons (Fsp3) is 0.389. The third-order valence-electron chi connectivity index (χ3n) is 4.17. The largest absolute Gasteiger partial charge is 0.394 e. The molecule has 0 fully saturated rings. The molecule has 25 heavy (non-hydrogen) atoms. The average molecular weight is 364 g/mol. The van der Waals surface area contributed by atoms with Gasteiger partial charge in [0.05, 0.1) is 18.3 Å². The highest BCUT2D eigenvalue weighted by molar-refractivity contribution is 6.30. The topological polar surface area (TPSA) is 84.2 Å². The maximum atomic E-state index is 12.2. The molecule has 0 radical (unpaired) electrons. The molecule has 1 aromatic heterocycles. The first kappa shape index (κ1) is 19.1. The van der Waals surface area contributed by atoms with Crippen molar-refractivity contribution in [1.82, 2.24) is 15.1 Å². The van der Waals surface area contributed by atoms with Crippen LogP contribution in [-0.2, 0) is 11.3 Å². The predicted molar refractivity (Wildman–Crippen MR) is 97.4 cm³/mol. The van der Waals surface area contributed by atoms with Crippen LogP contribution in [0.15, 0.2) is 41.2 Å². The highest BCUT2D eigenvalue weighted by atomic mass is 35.5. The first-order valence-electron chi connectivity index (χ1n) is 8.19. The highest BCUT2D eigenvalue weighted by Gasteiger charge is 2.18. The summed E-state index contributed by atoms with van der Waals surface area (Å²) in [5.74, 6) is -0.221. The van der Waals surface area contributed by atoms with Gasteiger partial charge in [-0.3, -0.25) is 9.59 Å². The number of halogens is 1. The number of amides is 1. The fourth-order valence-electron chi connectivity index (χ4n) is 2.38. The summed E-state index contributed by atoms with van der Waals surface area (Å²) in [4.78, 5) is 24.2. The van der Waals surface area contributed by atoms with Gasteiger partial charge in [-0.2, -0.15) is 5.10 Å². The van der Waals surface area contributed by atoms with Crippen LogP contribution in [0.3, 0.4) is 0 Å². The zero-order valence-electron chi connectivity index (χ0n) is 14.3. The Bertz CT molecular complexity index is 774. The van der Waals surface area contributed by atoms with E-state index in [1.165, 1.54) is 6.07 Å². The molecular weight excluding hydrogens is 342 g/mol. The minimum Gasteiger partial charge on any atom is -0.394 e. The molecule has 0 unspecified atom stereocenters. The van der Waals surface area contributed by atoms with Crippen LogP contribution in [0.25, 0.3) is 11.3 Å². The van der Waals surface area contributed by atoms with E-state index in [-0.39, 0.29) is 36.6 Å². The fourth-order valence-corrected chi connectivity index (χ4v) is 2.50. The van der Waals surface area contributed by atoms with Gasteiger partial charge < -0.3 is 10.4 Å². The number of nitrogens with zero attached hydrogens (tertiary/aromatic N) is 2. The minimum atomic E-state index is -0.364. The van der Waals surface area contributed by atoms with Gasteiger partial charge in [-0.1, -0.05) is 44.0 Å². The molecule has 2 rings (SSSR count). The molecule has 6 nitrogen and oxygen atoms in total. The first-order valence-corrected chi connectivity index (χ1v) is 8.56. The molecular formula is C18H22ClN3O3. The van der Waals surface area contributed by atoms with Crippen LogP contribution >= 0.6 is 11.6 Å². The Labute approximate surface area is 151 Å². The van der Waals surface area contributed by atoms with E-state index >= 15 is 0 Å². The molecule has 0 saturated heterocycles. The molecule has 1 amide bonds. The standard InChI is InChI=1S/C18H22ClN3O3/c1-3-12(2)16(11-23)20-17(24)10-22-18(25)9-8-15(21-22)13-4-6-14(19)7-5-13/h4-9,12,16,23H,3,10-11H2,1-2H3,(H,20,24)/t12-,16-/m0/s1. The number of hydrogen-bond acceptors (Lipinski definition) is 4. The predicted octanol–water partition coefficient (Wildman–Crippen LogP) is 2.09. The van der Waals surface area contributed by atoms with E-state index in [1.807, 2.05) is 13.8 Å². The van der Waals surface area contributed by atoms with E-state index in [1.54, 1.807) is 30.3 Å². The second-order valence-corrected chi connectivity index (χ2v) is 6.40. The normalized spacial score (nSPS) is 13.3. The number of aromatic nitrogens is 2. The van der Waals surface area contributed by atoms with Crippen molar-refractivity contribution in [2.75, 3.05) is 6.61 Å². The quantitative estimate of drug-likeness (QED) is 0.788. The summed E-state index contributed by atoms with van der Waals surface area (Å²) >= 11 is 5.88. The minimum absolute atomic E-state index is 0.138. The number of carbonyl (C=O) groups is 1. The molecule has 1 aromatic carbocycles. The van der Waals surface area contributed by atoms with E-state index in [4.69, 9.17) is 11.6 Å². The zero-order chi connectivity index (χ0) is 18.4. The van der Waals surface area contributed by atoms with E-state index in [0.29, 0.717) is 10.7 Å². The van der Waals surface area contributed by atoms with Crippen molar-refractivity contribution in [3.8, 4) is 11.3 Å². The number of benzene rings is 1. The lowest BCUT2D eigenvalue weighted by Crippen LogP contribution is -2.44. The number of nitrogens with one attached hydrogen (secondary N) is 1. The van der Waals surface area contributed by atoms with Gasteiger partial charge in [-0.25, -0.2) is 4.68 Å². The summed E-state index contributed by atoms with van der Waals surface area (Å²) < 4.78 is 1.12. The molecule has 0 saturated carbocycles. The van der Waals surface area contributed by atoms with Crippen molar-refractivity contribution in [2.45, 2.75) is 32.9 Å². The van der Waals surface area contributed by atoms with Crippen molar-refractivity contribution in [3.05, 3.63) is 51.8 Å². The smallest absolute Gasteiger partial charge is 0.267 e. The molecule has 0 spiro atoms. The van der Waals surface area contributed by atoms with Gasteiger partial charge in [0.15, 0.2) is 0 Å². The third kappa shape index (κ3) is 5.14. The molecule has 1 heterocycles. The molecule has 134 valence electrons. The number of aliphatic hydroxyl groups excluding tert-OH is 1. The summed E-state index contributed by atoms with van der Waals surface area (Å²) in [6.07, 6.45) is 0.829. The van der Waals surface area contributed by atoms with Gasteiger partial charge in [0, 0.05) is 16.7 Å². The van der Waals surface area contributed by atoms with Crippen molar-refractivity contribution in [3.63, 3.8) is 0 Å². The average Bonchev–Trinajstić information content (AvgIpc) is 2.61. The maximum Gasteiger partial charge on any atom is 0.267 e. The van der Waals surface area contributed by atoms with Gasteiger partial charge in [0.1, 0.15) is 6.54 Å². The monoisotopic (exact) mass is 363 g/mol. The molecule has 7 heteroatoms. The van der Waals surface area contributed by atoms with Crippen molar-refractivity contribution in [1.29, 1.82) is 0 Å². The molecule has 0 aliphatic rings. The SMILES string of the molecule is CC[C@H](C)[C@H](CO)NC(=O)Cn1nc(-c2ccc(Cl)cc2)ccc1=O. The maximum absolute atomic E-state index is 12.2. The number of rotatable bonds is 7. The molecule has 0 aliphatic carbocycles. The highest BCUT2D eigenvalue weighted by Crippen LogP contribution is 2.18. The van der Waals surface area contributed by atoms with Crippen LogP contribution in [-0.4, -0.2) is 33.4 Å². The Kier molecular flexibility index (Phi) is 6.73. The van der Waals surface area contributed by atoms with Crippen molar-refractivity contribution in [2.24, 2.45) is 5.92 Å². The van der Waals surface area contributed by atoms with E-state index < -0.39 is 0 Å². The number of hydrogen-bond donors (Lipinski definition) is 2. The van der Waals surface area contributed by atoms with Crippen LogP contribution in [0.4, 0.5) is 0 Å². The molecule has 2 atom stereocenters. The van der Waals surface area contributed by atoms with Crippen LogP contribution in [0, 0.1) is 5.92 Å². The van der Waals surface area contributed by atoms with E-state index in [0.717, 1.165) is 16.7 Å². The summed E-state index contributed by atoms with van der Waals surface area (Å²) in [5, 5.41) is 17.0. The van der Waals surface area contributed by atoms with E-state index in [2.05, 4.69) is 10.4 Å². The van der Waals surface area contributed by atoms with Gasteiger partial charge >= 0.3 is 0 Å². The molecule has 2 N–H and O–H groups in total. The Morgan fingerprint density at radius 1 is 1.28 bits per heavy atom. The Balaban J connectivity index is 2.16. The lowest BCUT2D eigenvalue weighted by molar-refractivity contribution is -0.123. The van der Waals surface area contributed by atoms with E-state index in [9.17, 15) is 14.7 Å². The second-order valence-electron chi connectivity index (χ2n) is 5.96. The molecule has 0 bridgehead atoms. The van der Waals surface area contributed by atoms with Gasteiger partial charge in [0.2, 0.25) is 5.91 Å². The van der Waals surface area contributed by atoms with Crippen molar-refractivity contribution >= 4 is 17.5 Å². The van der Waals surface area contributed by atoms with Crippen molar-refractivity contribution < 1.29 is 9.90 Å². The van der Waals surface area contributed by atoms with Crippen LogP contribution in [0.5, 0.6) is 0 Å². The van der Waals surface area contributed by atoms with Crippen LogP contribution < -0.4 is 10.9 Å². The summed E-state index contributed by atoms with van der Waals surface area (Å²) in [5.41, 5.74) is 1.01. The Morgan fingerprint density at radius 2 is 1.96 bits per heavy atom. The molecule has 2 aromatic rings. The first-order chi connectivity index (χ1) is 11.9. The molecule has 0 aliphatic heterocycles. The Hall–Kier alpha value is -2.18. The van der Waals surface area contributed by atoms with Gasteiger partial charge in [0.25, 0.3) is 5.56 Å². The van der Waals surface area contributed by atoms with Gasteiger partial charge in [-0.15, -0.1) is 0 Å². The summed E-state index contributed by atoms with van der Waals surface area (Å²) in [7, 11) is 0. The van der Waals surface area contributed by atoms with Crippen LogP contribution in [0.2, 0.25) is 5.02 Å². The zero-order valence-corrected chi connectivity index (χ0v) is 15.0.